The molecule has 2 aliphatic rings. The third kappa shape index (κ3) is 7.42. The highest BCUT2D eigenvalue weighted by Crippen LogP contribution is 2.41. The van der Waals surface area contributed by atoms with Crippen LogP contribution in [0.2, 0.25) is 0 Å². The summed E-state index contributed by atoms with van der Waals surface area (Å²) in [7, 11) is 0. The molecule has 0 aromatic heterocycles. The summed E-state index contributed by atoms with van der Waals surface area (Å²) < 4.78 is 156. The highest BCUT2D eigenvalue weighted by molar-refractivity contribution is 5.36. The number of benzene rings is 2. The summed E-state index contributed by atoms with van der Waals surface area (Å²) in [6.07, 6.45) is -9.25. The van der Waals surface area contributed by atoms with Crippen LogP contribution in [-0.2, 0) is 15.6 Å². The van der Waals surface area contributed by atoms with E-state index >= 15 is 0 Å². The number of hydrogen-bond donors (Lipinski definition) is 0. The van der Waals surface area contributed by atoms with Crippen LogP contribution in [0.25, 0.3) is 0 Å². The van der Waals surface area contributed by atoms with E-state index in [1.54, 1.807) is 0 Å². The van der Waals surface area contributed by atoms with Crippen molar-refractivity contribution in [1.29, 1.82) is 0 Å². The van der Waals surface area contributed by atoms with Crippen LogP contribution in [0.4, 0.5) is 43.9 Å². The van der Waals surface area contributed by atoms with Gasteiger partial charge in [0.15, 0.2) is 23.7 Å². The van der Waals surface area contributed by atoms with E-state index in [4.69, 9.17) is 9.47 Å². The average Bonchev–Trinajstić information content (AvgIpc) is 2.90. The maximum absolute atomic E-state index is 14.8. The van der Waals surface area contributed by atoms with Crippen molar-refractivity contribution >= 4 is 0 Å². The van der Waals surface area contributed by atoms with Crippen molar-refractivity contribution in [2.75, 3.05) is 13.2 Å². The second-order valence-electron chi connectivity index (χ2n) is 10.5. The zero-order valence-electron chi connectivity index (χ0n) is 22.3. The van der Waals surface area contributed by atoms with Gasteiger partial charge in [0, 0.05) is 23.6 Å². The van der Waals surface area contributed by atoms with Gasteiger partial charge in [-0.3, -0.25) is 0 Å². The summed E-state index contributed by atoms with van der Waals surface area (Å²) >= 11 is 0. The topological polar surface area (TPSA) is 36.9 Å². The number of halogens is 10. The minimum Gasteiger partial charge on any atom is -0.446 e. The molecule has 2 aromatic rings. The van der Waals surface area contributed by atoms with Crippen molar-refractivity contribution < 1.29 is 62.9 Å². The first-order chi connectivity index (χ1) is 19.7. The lowest BCUT2D eigenvalue weighted by atomic mass is 9.75. The molecule has 1 heterocycles. The molecule has 0 radical (unpaired) electrons. The van der Waals surface area contributed by atoms with Gasteiger partial charge in [0.1, 0.15) is 22.9 Å². The Bertz CT molecular complexity index is 1180. The van der Waals surface area contributed by atoms with Gasteiger partial charge >= 0.3 is 18.6 Å². The summed E-state index contributed by atoms with van der Waals surface area (Å²) in [5, 5.41) is 0. The summed E-state index contributed by atoms with van der Waals surface area (Å²) in [6, 6.07) is 0.979. The zero-order chi connectivity index (χ0) is 30.8. The molecule has 4 nitrogen and oxygen atoms in total. The Hall–Kier alpha value is -2.74. The molecular weight excluding hydrogens is 590 g/mol. The van der Waals surface area contributed by atoms with Crippen molar-refractivity contribution in [1.82, 2.24) is 0 Å². The average molecular weight is 619 g/mol. The van der Waals surface area contributed by atoms with Gasteiger partial charge in [-0.05, 0) is 36.8 Å². The highest BCUT2D eigenvalue weighted by atomic mass is 19.4. The number of ether oxygens (including phenoxy) is 4. The molecule has 1 unspecified atom stereocenters. The van der Waals surface area contributed by atoms with Crippen LogP contribution in [0, 0.1) is 41.0 Å². The second-order valence-corrected chi connectivity index (χ2v) is 10.5. The highest BCUT2D eigenvalue weighted by Gasteiger charge is 2.45. The fourth-order valence-corrected chi connectivity index (χ4v) is 5.42. The van der Waals surface area contributed by atoms with Gasteiger partial charge in [-0.25, -0.2) is 17.6 Å². The van der Waals surface area contributed by atoms with E-state index in [1.165, 1.54) is 6.42 Å². The summed E-state index contributed by atoms with van der Waals surface area (Å²) in [6.45, 7) is 2.65. The van der Waals surface area contributed by atoms with Gasteiger partial charge in [0.25, 0.3) is 0 Å². The van der Waals surface area contributed by atoms with Gasteiger partial charge in [-0.1, -0.05) is 32.6 Å². The van der Waals surface area contributed by atoms with Crippen molar-refractivity contribution in [3.8, 4) is 11.5 Å². The smallest absolute Gasteiger partial charge is 0.446 e. The molecule has 0 spiro atoms. The van der Waals surface area contributed by atoms with E-state index in [9.17, 15) is 43.9 Å². The van der Waals surface area contributed by atoms with Crippen LogP contribution in [0.3, 0.4) is 0 Å². The SMILES string of the molecule is CCCC1CCC(C2COC(c3cc(F)c(C(F)(F)Oc4cc(F)c(OC(F)C(F)(F)F)c(F)c4)c(F)c3)OC2)CC1. The zero-order valence-corrected chi connectivity index (χ0v) is 22.3. The quantitative estimate of drug-likeness (QED) is 0.263. The number of hydrogen-bond acceptors (Lipinski definition) is 4. The van der Waals surface area contributed by atoms with E-state index in [2.05, 4.69) is 16.4 Å². The molecule has 0 N–H and O–H groups in total. The Morgan fingerprint density at radius 2 is 1.36 bits per heavy atom. The Kier molecular flexibility index (Phi) is 9.86. The fourth-order valence-electron chi connectivity index (χ4n) is 5.42. The van der Waals surface area contributed by atoms with Crippen molar-refractivity contribution in [2.24, 2.45) is 17.8 Å². The minimum atomic E-state index is -5.63. The van der Waals surface area contributed by atoms with Crippen LogP contribution in [-0.4, -0.2) is 25.7 Å². The molecule has 0 bridgehead atoms. The van der Waals surface area contributed by atoms with Crippen LogP contribution >= 0.6 is 0 Å². The third-order valence-corrected chi connectivity index (χ3v) is 7.50. The first kappa shape index (κ1) is 32.2. The minimum absolute atomic E-state index is 0.0595. The van der Waals surface area contributed by atoms with Crippen molar-refractivity contribution in [3.05, 3.63) is 58.7 Å². The fraction of sp³-hybridized carbons (Fsp3) is 0.571. The lowest BCUT2D eigenvalue weighted by Crippen LogP contribution is -2.34. The molecule has 2 aromatic carbocycles. The molecule has 4 rings (SSSR count). The van der Waals surface area contributed by atoms with Gasteiger partial charge < -0.3 is 18.9 Å². The van der Waals surface area contributed by atoms with E-state index in [1.807, 2.05) is 0 Å². The molecule has 1 atom stereocenters. The third-order valence-electron chi connectivity index (χ3n) is 7.50. The summed E-state index contributed by atoms with van der Waals surface area (Å²) in [4.78, 5) is 0. The first-order valence-corrected chi connectivity index (χ1v) is 13.4. The molecule has 2 fully saturated rings. The Labute approximate surface area is 234 Å². The van der Waals surface area contributed by atoms with Gasteiger partial charge in [-0.2, -0.15) is 26.3 Å². The second kappa shape index (κ2) is 12.9. The van der Waals surface area contributed by atoms with Crippen LogP contribution < -0.4 is 9.47 Å². The maximum atomic E-state index is 14.8. The lowest BCUT2D eigenvalue weighted by Gasteiger charge is -2.38. The van der Waals surface area contributed by atoms with Crippen LogP contribution in [0.15, 0.2) is 24.3 Å². The van der Waals surface area contributed by atoms with Crippen molar-refractivity contribution in [3.63, 3.8) is 0 Å². The number of alkyl halides is 6. The molecular formula is C28H28F10O4. The van der Waals surface area contributed by atoms with E-state index < -0.39 is 65.3 Å². The van der Waals surface area contributed by atoms with Crippen LogP contribution in [0.1, 0.15) is 62.9 Å². The molecule has 14 heteroatoms. The monoisotopic (exact) mass is 618 g/mol. The van der Waals surface area contributed by atoms with E-state index in [0.29, 0.717) is 24.0 Å². The molecule has 1 aliphatic heterocycles. The van der Waals surface area contributed by atoms with E-state index in [0.717, 1.165) is 32.1 Å². The molecule has 42 heavy (non-hydrogen) atoms. The van der Waals surface area contributed by atoms with Gasteiger partial charge in [-0.15, -0.1) is 0 Å². The first-order valence-electron chi connectivity index (χ1n) is 13.4. The standard InChI is InChI=1S/C28H28F10O4/c1-2-3-14-4-6-15(7-5-14)17-12-39-25(40-13-17)16-8-19(29)23(20(30)9-16)28(37,38)42-18-10-21(31)24(22(32)11-18)41-26(33)27(34,35)36/h8-11,14-15,17,25-26H,2-7,12-13H2,1H3. The predicted octanol–water partition coefficient (Wildman–Crippen LogP) is 8.88. The molecule has 0 amide bonds. The van der Waals surface area contributed by atoms with Gasteiger partial charge in [0.2, 0.25) is 0 Å². The lowest BCUT2D eigenvalue weighted by molar-refractivity contribution is -0.237. The van der Waals surface area contributed by atoms with Crippen LogP contribution in [0.5, 0.6) is 11.5 Å². The molecule has 1 saturated heterocycles. The Morgan fingerprint density at radius 1 is 0.810 bits per heavy atom. The predicted molar refractivity (Wildman–Crippen MR) is 127 cm³/mol. The molecule has 1 saturated carbocycles. The van der Waals surface area contributed by atoms with E-state index in [-0.39, 0.29) is 36.8 Å². The molecule has 234 valence electrons. The summed E-state index contributed by atoms with van der Waals surface area (Å²) in [5.41, 5.74) is -2.13. The largest absolute Gasteiger partial charge is 0.457 e. The Balaban J connectivity index is 1.42. The van der Waals surface area contributed by atoms with Gasteiger partial charge in [0.05, 0.1) is 13.2 Å². The van der Waals surface area contributed by atoms with Crippen molar-refractivity contribution in [2.45, 2.75) is 70.4 Å². The Morgan fingerprint density at radius 3 is 1.86 bits per heavy atom. The normalized spacial score (nSPS) is 24.4. The molecule has 1 aliphatic carbocycles. The maximum Gasteiger partial charge on any atom is 0.457 e. The summed E-state index contributed by atoms with van der Waals surface area (Å²) in [5.74, 6) is -9.73. The number of rotatable bonds is 9.